The van der Waals surface area contributed by atoms with Crippen LogP contribution in [0.4, 0.5) is 0 Å². The molecule has 78 valence electrons. The van der Waals surface area contributed by atoms with Gasteiger partial charge in [-0.25, -0.2) is 4.68 Å². The van der Waals surface area contributed by atoms with Crippen molar-refractivity contribution in [3.05, 3.63) is 36.0 Å². The Morgan fingerprint density at radius 2 is 2.47 bits per heavy atom. The minimum Gasteiger partial charge on any atom is -0.472 e. The first kappa shape index (κ1) is 9.60. The van der Waals surface area contributed by atoms with Crippen LogP contribution in [-0.4, -0.2) is 20.8 Å². The number of furan rings is 1. The Kier molecular flexibility index (Phi) is 2.59. The van der Waals surface area contributed by atoms with Crippen LogP contribution in [0.3, 0.4) is 0 Å². The Balaban J connectivity index is 2.06. The summed E-state index contributed by atoms with van der Waals surface area (Å²) in [5.74, 6) is -0.0720. The number of carbonyl (C=O) groups is 1. The molecule has 2 heterocycles. The monoisotopic (exact) mass is 206 g/mol. The fraction of sp³-hybridized carbons (Fsp3) is 0.222. The second-order valence-electron chi connectivity index (χ2n) is 3.05. The highest BCUT2D eigenvalue weighted by molar-refractivity contribution is 5.95. The maximum absolute atomic E-state index is 11.6. The Labute approximate surface area is 85.7 Å². The van der Waals surface area contributed by atoms with Crippen LogP contribution in [0.5, 0.6) is 0 Å². The summed E-state index contributed by atoms with van der Waals surface area (Å²) in [4.78, 5) is 11.6. The first-order valence-electron chi connectivity index (χ1n) is 4.44. The van der Waals surface area contributed by atoms with Crippen LogP contribution >= 0.6 is 0 Å². The average molecular weight is 206 g/mol. The van der Waals surface area contributed by atoms with Gasteiger partial charge < -0.3 is 10.2 Å². The zero-order valence-corrected chi connectivity index (χ0v) is 7.96. The van der Waals surface area contributed by atoms with Crippen molar-refractivity contribution in [1.82, 2.24) is 15.0 Å². The summed E-state index contributed by atoms with van der Waals surface area (Å²) in [6, 6.07) is 1.61. The Morgan fingerprint density at radius 1 is 1.60 bits per heavy atom. The van der Waals surface area contributed by atoms with Crippen molar-refractivity contribution in [3.63, 3.8) is 0 Å². The highest BCUT2D eigenvalue weighted by Crippen LogP contribution is 2.03. The van der Waals surface area contributed by atoms with Crippen molar-refractivity contribution in [2.24, 2.45) is 5.73 Å². The van der Waals surface area contributed by atoms with Gasteiger partial charge in [0, 0.05) is 6.54 Å². The number of aromatic nitrogens is 3. The first-order valence-corrected chi connectivity index (χ1v) is 4.44. The molecule has 2 rings (SSSR count). The van der Waals surface area contributed by atoms with Crippen molar-refractivity contribution in [2.75, 3.05) is 0 Å². The van der Waals surface area contributed by atoms with Gasteiger partial charge in [0.25, 0.3) is 0 Å². The summed E-state index contributed by atoms with van der Waals surface area (Å²) >= 11 is 0. The molecule has 6 heteroatoms. The van der Waals surface area contributed by atoms with Gasteiger partial charge in [-0.1, -0.05) is 5.21 Å². The third-order valence-electron chi connectivity index (χ3n) is 1.94. The highest BCUT2D eigenvalue weighted by atomic mass is 16.3. The maximum Gasteiger partial charge on any atom is 0.187 e. The number of rotatable bonds is 4. The third kappa shape index (κ3) is 2.10. The van der Waals surface area contributed by atoms with Crippen molar-refractivity contribution in [2.45, 2.75) is 13.1 Å². The van der Waals surface area contributed by atoms with E-state index in [4.69, 9.17) is 10.2 Å². The fourth-order valence-electron chi connectivity index (χ4n) is 1.17. The number of ketones is 1. The van der Waals surface area contributed by atoms with E-state index in [-0.39, 0.29) is 12.3 Å². The molecule has 0 unspecified atom stereocenters. The molecule has 0 saturated heterocycles. The lowest BCUT2D eigenvalue weighted by Crippen LogP contribution is -2.10. The van der Waals surface area contributed by atoms with E-state index in [0.717, 1.165) is 0 Å². The molecule has 0 bridgehead atoms. The summed E-state index contributed by atoms with van der Waals surface area (Å²) in [6.45, 7) is 0.465. The molecule has 0 atom stereocenters. The zero-order chi connectivity index (χ0) is 10.7. The average Bonchev–Trinajstić information content (AvgIpc) is 2.87. The maximum atomic E-state index is 11.6. The molecule has 0 saturated carbocycles. The molecular weight excluding hydrogens is 196 g/mol. The van der Waals surface area contributed by atoms with E-state index >= 15 is 0 Å². The standard InChI is InChI=1S/C9H10N4O2/c10-3-8-4-13(12-11-8)5-9(14)7-1-2-15-6-7/h1-2,4,6H,3,5,10H2. The van der Waals surface area contributed by atoms with Crippen molar-refractivity contribution in [1.29, 1.82) is 0 Å². The number of hydrogen-bond donors (Lipinski definition) is 1. The fourth-order valence-corrected chi connectivity index (χ4v) is 1.17. The van der Waals surface area contributed by atoms with Gasteiger partial charge >= 0.3 is 0 Å². The topological polar surface area (TPSA) is 86.9 Å². The van der Waals surface area contributed by atoms with Crippen molar-refractivity contribution < 1.29 is 9.21 Å². The van der Waals surface area contributed by atoms with E-state index in [1.807, 2.05) is 0 Å². The van der Waals surface area contributed by atoms with Gasteiger partial charge in [-0.3, -0.25) is 4.79 Å². The summed E-state index contributed by atoms with van der Waals surface area (Å²) in [5, 5.41) is 7.55. The number of hydrogen-bond acceptors (Lipinski definition) is 5. The second-order valence-corrected chi connectivity index (χ2v) is 3.05. The largest absolute Gasteiger partial charge is 0.472 e. The Morgan fingerprint density at radius 3 is 3.07 bits per heavy atom. The predicted molar refractivity (Wildman–Crippen MR) is 51.0 cm³/mol. The lowest BCUT2D eigenvalue weighted by atomic mass is 10.2. The van der Waals surface area contributed by atoms with Crippen LogP contribution in [0.25, 0.3) is 0 Å². The summed E-state index contributed by atoms with van der Waals surface area (Å²) in [6.07, 6.45) is 4.51. The lowest BCUT2D eigenvalue weighted by molar-refractivity contribution is 0.0966. The molecule has 0 spiro atoms. The molecule has 0 aliphatic rings. The van der Waals surface area contributed by atoms with Crippen LogP contribution in [0.15, 0.2) is 29.2 Å². The van der Waals surface area contributed by atoms with Gasteiger partial charge in [-0.15, -0.1) is 5.10 Å². The van der Waals surface area contributed by atoms with E-state index < -0.39 is 0 Å². The van der Waals surface area contributed by atoms with Gasteiger partial charge in [0.05, 0.1) is 23.7 Å². The molecule has 2 N–H and O–H groups in total. The summed E-state index contributed by atoms with van der Waals surface area (Å²) < 4.78 is 6.27. The number of Topliss-reactive ketones (excluding diaryl/α,β-unsaturated/α-hetero) is 1. The van der Waals surface area contributed by atoms with Crippen LogP contribution in [0.2, 0.25) is 0 Å². The van der Waals surface area contributed by atoms with E-state index in [2.05, 4.69) is 10.3 Å². The molecule has 2 aromatic rings. The van der Waals surface area contributed by atoms with Gasteiger partial charge in [0.15, 0.2) is 5.78 Å². The third-order valence-corrected chi connectivity index (χ3v) is 1.94. The van der Waals surface area contributed by atoms with Gasteiger partial charge in [-0.05, 0) is 6.07 Å². The van der Waals surface area contributed by atoms with Crippen LogP contribution in [0, 0.1) is 0 Å². The molecule has 0 radical (unpaired) electrons. The number of nitrogens with two attached hydrogens (primary N) is 1. The molecule has 0 aromatic carbocycles. The summed E-state index contributed by atoms with van der Waals surface area (Å²) in [5.41, 5.74) is 6.56. The van der Waals surface area contributed by atoms with Crippen molar-refractivity contribution >= 4 is 5.78 Å². The molecule has 15 heavy (non-hydrogen) atoms. The van der Waals surface area contributed by atoms with E-state index in [0.29, 0.717) is 17.8 Å². The van der Waals surface area contributed by atoms with Gasteiger partial charge in [-0.2, -0.15) is 0 Å². The minimum absolute atomic E-state index is 0.0720. The SMILES string of the molecule is NCc1cn(CC(=O)c2ccoc2)nn1. The van der Waals surface area contributed by atoms with Crippen LogP contribution in [0.1, 0.15) is 16.1 Å². The minimum atomic E-state index is -0.0720. The van der Waals surface area contributed by atoms with Gasteiger partial charge in [0.1, 0.15) is 12.8 Å². The summed E-state index contributed by atoms with van der Waals surface area (Å²) in [7, 11) is 0. The highest BCUT2D eigenvalue weighted by Gasteiger charge is 2.09. The molecule has 0 amide bonds. The van der Waals surface area contributed by atoms with Crippen molar-refractivity contribution in [3.8, 4) is 0 Å². The first-order chi connectivity index (χ1) is 7.29. The second kappa shape index (κ2) is 4.05. The van der Waals surface area contributed by atoms with Crippen LogP contribution < -0.4 is 5.73 Å². The predicted octanol–water partition coefficient (Wildman–Crippen LogP) is 0.213. The number of nitrogens with zero attached hydrogens (tertiary/aromatic N) is 3. The normalized spacial score (nSPS) is 10.5. The Bertz CT molecular complexity index is 446. The molecular formula is C9H10N4O2. The van der Waals surface area contributed by atoms with E-state index in [9.17, 15) is 4.79 Å². The molecule has 2 aromatic heterocycles. The van der Waals surface area contributed by atoms with E-state index in [1.165, 1.54) is 17.2 Å². The zero-order valence-electron chi connectivity index (χ0n) is 7.96. The van der Waals surface area contributed by atoms with Crippen LogP contribution in [-0.2, 0) is 13.1 Å². The van der Waals surface area contributed by atoms with E-state index in [1.54, 1.807) is 12.3 Å². The number of carbonyl (C=O) groups excluding carboxylic acids is 1. The molecule has 6 nitrogen and oxygen atoms in total. The smallest absolute Gasteiger partial charge is 0.187 e. The van der Waals surface area contributed by atoms with Gasteiger partial charge in [0.2, 0.25) is 0 Å². The quantitative estimate of drug-likeness (QED) is 0.722. The molecule has 0 aliphatic heterocycles. The molecule has 0 fully saturated rings. The molecule has 0 aliphatic carbocycles. The Hall–Kier alpha value is -1.95. The lowest BCUT2D eigenvalue weighted by Gasteiger charge is -1.96.